The average molecular weight is 1010 g/mol. The largest absolute Gasteiger partial charge is 0.497 e. The van der Waals surface area contributed by atoms with Gasteiger partial charge in [-0.25, -0.2) is 26.8 Å². The number of aromatic nitrogens is 2. The fourth-order valence-corrected chi connectivity index (χ4v) is 12.1. The number of ether oxygens (including phenoxy) is 4. The van der Waals surface area contributed by atoms with Crippen LogP contribution in [-0.4, -0.2) is 126 Å². The minimum absolute atomic E-state index is 0.0512. The molecular weight excluding hydrogens is 961 g/mol. The van der Waals surface area contributed by atoms with Crippen LogP contribution in [0.3, 0.4) is 0 Å². The highest BCUT2D eigenvalue weighted by Gasteiger charge is 2.31. The third-order valence-corrected chi connectivity index (χ3v) is 16.9. The summed E-state index contributed by atoms with van der Waals surface area (Å²) in [5, 5.41) is 27.3. The first-order valence-electron chi connectivity index (χ1n) is 20.9. The Morgan fingerprint density at radius 1 is 0.544 bits per heavy atom. The van der Waals surface area contributed by atoms with Crippen molar-refractivity contribution < 1.29 is 45.6 Å². The number of non-ortho nitro benzene ring substituents is 2. The number of hydrogen-bond acceptors (Lipinski definition) is 18. The lowest BCUT2D eigenvalue weighted by Crippen LogP contribution is -2.48. The number of nitrogens with zero attached hydrogens (tertiary/aromatic N) is 8. The van der Waals surface area contributed by atoms with E-state index in [0.717, 1.165) is 44.3 Å². The Hall–Kier alpha value is -6.44. The summed E-state index contributed by atoms with van der Waals surface area (Å²) in [6.45, 7) is 3.25. The number of nitro benzene ring substituents is 2. The predicted molar refractivity (Wildman–Crippen MR) is 257 cm³/mol. The van der Waals surface area contributed by atoms with Gasteiger partial charge >= 0.3 is 0 Å². The van der Waals surface area contributed by atoms with Crippen LogP contribution >= 0.6 is 22.7 Å². The SMILES string of the molecule is COc1ccc(Cc2csc(N3CCN(S(=O)(=O)c4ccc([N+](=O)[O-])cc4)CC3)n2)cc1OC.COc1ccc(OC)c(Cc2csc(N3CCN(S(=O)(=O)c4ccc([N+](=O)[O-])cc4)CC3)n2)c1. The second-order valence-corrected chi connectivity index (χ2v) is 20.8. The zero-order valence-corrected chi connectivity index (χ0v) is 40.7. The molecule has 0 amide bonds. The third-order valence-electron chi connectivity index (χ3n) is 11.2. The van der Waals surface area contributed by atoms with Gasteiger partial charge < -0.3 is 28.7 Å². The van der Waals surface area contributed by atoms with Crippen molar-refractivity contribution in [3.8, 4) is 23.0 Å². The van der Waals surface area contributed by atoms with Gasteiger partial charge in [-0.3, -0.25) is 20.2 Å². The van der Waals surface area contributed by atoms with E-state index < -0.39 is 29.9 Å². The zero-order valence-electron chi connectivity index (χ0n) is 37.4. The van der Waals surface area contributed by atoms with E-state index in [1.807, 2.05) is 47.2 Å². The van der Waals surface area contributed by atoms with E-state index >= 15 is 0 Å². The summed E-state index contributed by atoms with van der Waals surface area (Å²) in [6.07, 6.45) is 1.23. The first kappa shape index (κ1) is 49.5. The summed E-state index contributed by atoms with van der Waals surface area (Å²) in [4.78, 5) is 34.3. The van der Waals surface area contributed by atoms with Crippen molar-refractivity contribution in [2.24, 2.45) is 0 Å². The first-order valence-corrected chi connectivity index (χ1v) is 25.6. The van der Waals surface area contributed by atoms with E-state index in [9.17, 15) is 37.1 Å². The highest BCUT2D eigenvalue weighted by molar-refractivity contribution is 7.89. The molecule has 24 heteroatoms. The highest BCUT2D eigenvalue weighted by Crippen LogP contribution is 2.32. The predicted octanol–water partition coefficient (Wildman–Crippen LogP) is 6.34. The number of hydrogen-bond donors (Lipinski definition) is 0. The number of nitro groups is 2. The van der Waals surface area contributed by atoms with Crippen LogP contribution in [-0.2, 0) is 32.9 Å². The van der Waals surface area contributed by atoms with Gasteiger partial charge in [-0.05, 0) is 60.2 Å². The maximum atomic E-state index is 12.9. The molecule has 0 aliphatic carbocycles. The Morgan fingerprint density at radius 3 is 1.41 bits per heavy atom. The number of piperazine rings is 2. The van der Waals surface area contributed by atoms with Gasteiger partial charge in [-0.15, -0.1) is 22.7 Å². The first-order chi connectivity index (χ1) is 32.6. The van der Waals surface area contributed by atoms with E-state index in [4.69, 9.17) is 28.9 Å². The second-order valence-electron chi connectivity index (χ2n) is 15.2. The molecule has 6 aromatic rings. The van der Waals surface area contributed by atoms with Crippen molar-refractivity contribution in [3.63, 3.8) is 0 Å². The molecule has 4 aromatic carbocycles. The molecule has 0 spiro atoms. The Bertz CT molecular complexity index is 2940. The van der Waals surface area contributed by atoms with Crippen molar-refractivity contribution in [1.82, 2.24) is 18.6 Å². The van der Waals surface area contributed by atoms with Crippen LogP contribution in [0.1, 0.15) is 22.5 Å². The van der Waals surface area contributed by atoms with Crippen LogP contribution in [0.4, 0.5) is 21.6 Å². The smallest absolute Gasteiger partial charge is 0.269 e. The number of rotatable bonds is 16. The summed E-state index contributed by atoms with van der Waals surface area (Å²) in [6, 6.07) is 21.4. The van der Waals surface area contributed by atoms with Gasteiger partial charge in [-0.1, -0.05) is 6.07 Å². The van der Waals surface area contributed by atoms with Gasteiger partial charge in [0, 0.05) is 106 Å². The van der Waals surface area contributed by atoms with Crippen LogP contribution in [0.5, 0.6) is 23.0 Å². The molecule has 0 bridgehead atoms. The van der Waals surface area contributed by atoms with Crippen molar-refractivity contribution in [1.29, 1.82) is 0 Å². The molecular formula is C44H48N8O12S4. The Kier molecular flexibility index (Phi) is 15.8. The van der Waals surface area contributed by atoms with Gasteiger partial charge in [0.1, 0.15) is 11.5 Å². The van der Waals surface area contributed by atoms with Crippen LogP contribution in [0.2, 0.25) is 0 Å². The topological polar surface area (TPSA) is 230 Å². The lowest BCUT2D eigenvalue weighted by Gasteiger charge is -2.33. The molecule has 2 fully saturated rings. The molecule has 0 radical (unpaired) electrons. The van der Waals surface area contributed by atoms with Gasteiger partial charge in [-0.2, -0.15) is 8.61 Å². The van der Waals surface area contributed by atoms with Crippen LogP contribution in [0.15, 0.2) is 105 Å². The number of benzene rings is 4. The molecule has 4 heterocycles. The Labute approximate surface area is 401 Å². The van der Waals surface area contributed by atoms with Gasteiger partial charge in [0.2, 0.25) is 20.0 Å². The maximum absolute atomic E-state index is 12.9. The lowest BCUT2D eigenvalue weighted by molar-refractivity contribution is -0.385. The molecule has 68 heavy (non-hydrogen) atoms. The van der Waals surface area contributed by atoms with E-state index in [-0.39, 0.29) is 21.2 Å². The summed E-state index contributed by atoms with van der Waals surface area (Å²) in [5.74, 6) is 2.85. The summed E-state index contributed by atoms with van der Waals surface area (Å²) >= 11 is 3.05. The zero-order chi connectivity index (χ0) is 48.6. The third kappa shape index (κ3) is 11.4. The fraction of sp³-hybridized carbons (Fsp3) is 0.318. The van der Waals surface area contributed by atoms with Crippen LogP contribution in [0, 0.1) is 20.2 Å². The second kappa shape index (κ2) is 21.7. The highest BCUT2D eigenvalue weighted by atomic mass is 32.2. The summed E-state index contributed by atoms with van der Waals surface area (Å²) < 4.78 is 75.9. The molecule has 2 aliphatic rings. The van der Waals surface area contributed by atoms with Crippen LogP contribution in [0.25, 0.3) is 0 Å². The van der Waals surface area contributed by atoms with Crippen molar-refractivity contribution >= 4 is 64.4 Å². The summed E-state index contributed by atoms with van der Waals surface area (Å²) in [7, 11) is -0.986. The van der Waals surface area contributed by atoms with Gasteiger partial charge in [0.05, 0.1) is 59.5 Å². The summed E-state index contributed by atoms with van der Waals surface area (Å²) in [5.41, 5.74) is 3.55. The fourth-order valence-electron chi connectivity index (χ4n) is 7.48. The van der Waals surface area contributed by atoms with E-state index in [1.54, 1.807) is 28.4 Å². The quantitative estimate of drug-likeness (QED) is 0.0761. The molecule has 0 saturated carbocycles. The van der Waals surface area contributed by atoms with E-state index in [2.05, 4.69) is 9.80 Å². The van der Waals surface area contributed by atoms with Gasteiger partial charge in [0.15, 0.2) is 21.8 Å². The molecule has 2 saturated heterocycles. The molecule has 0 N–H and O–H groups in total. The normalized spacial score (nSPS) is 14.7. The average Bonchev–Trinajstić information content (AvgIpc) is 4.04. The molecule has 8 rings (SSSR count). The van der Waals surface area contributed by atoms with Crippen molar-refractivity contribution in [2.45, 2.75) is 22.6 Å². The molecule has 2 aromatic heterocycles. The van der Waals surface area contributed by atoms with Gasteiger partial charge in [0.25, 0.3) is 11.4 Å². The standard InChI is InChI=1S/2C22H24N4O6S2/c1-31-20-8-3-16(14-21(20)32-2)13-17-15-33-22(23-17)24-9-11-25(12-10-24)34(29,30)19-6-4-18(5-7-19)26(27)28;1-31-19-5-8-21(32-2)16(14-19)13-17-15-33-22(23-17)24-9-11-25(12-10-24)34(29,30)20-6-3-18(4-7-20)26(27)28/h2*3-8,14-15H,9-13H2,1-2H3. The van der Waals surface area contributed by atoms with E-state index in [0.29, 0.717) is 76.7 Å². The Balaban J connectivity index is 0.000000201. The number of methoxy groups -OCH3 is 4. The number of anilines is 2. The molecule has 20 nitrogen and oxygen atoms in total. The minimum atomic E-state index is -3.72. The molecule has 0 atom stereocenters. The maximum Gasteiger partial charge on any atom is 0.269 e. The van der Waals surface area contributed by atoms with Crippen molar-refractivity contribution in [3.05, 3.63) is 138 Å². The lowest BCUT2D eigenvalue weighted by atomic mass is 10.1. The molecule has 0 unspecified atom stereocenters. The molecule has 360 valence electrons. The monoisotopic (exact) mass is 1010 g/mol. The van der Waals surface area contributed by atoms with Crippen molar-refractivity contribution in [2.75, 3.05) is 90.6 Å². The Morgan fingerprint density at radius 2 is 0.985 bits per heavy atom. The number of sulfonamides is 2. The van der Waals surface area contributed by atoms with Crippen LogP contribution < -0.4 is 28.7 Å². The number of thiazole rings is 2. The minimum Gasteiger partial charge on any atom is -0.497 e. The van der Waals surface area contributed by atoms with E-state index in [1.165, 1.54) is 79.8 Å². The molecule has 2 aliphatic heterocycles.